The van der Waals surface area contributed by atoms with E-state index in [4.69, 9.17) is 4.74 Å². The number of carbonyl (C=O) groups excluding carboxylic acids is 2. The van der Waals surface area contributed by atoms with Crippen molar-refractivity contribution in [3.63, 3.8) is 0 Å². The highest BCUT2D eigenvalue weighted by atomic mass is 19.1. The Morgan fingerprint density at radius 3 is 2.55 bits per heavy atom. The SMILES string of the molecule is COC(=O)[C@@]1([C@@H](C[N+](=O)[O-])c2ccc(F)cc2)CCCC1=O. The Kier molecular flexibility index (Phi) is 4.54. The number of carbonyl (C=O) groups is 2. The van der Waals surface area contributed by atoms with Crippen LogP contribution in [0.15, 0.2) is 24.3 Å². The molecule has 0 N–H and O–H groups in total. The first-order chi connectivity index (χ1) is 10.4. The molecule has 1 aliphatic rings. The van der Waals surface area contributed by atoms with Crippen LogP contribution in [0, 0.1) is 21.3 Å². The van der Waals surface area contributed by atoms with E-state index in [0.717, 1.165) is 19.2 Å². The number of rotatable bonds is 5. The highest BCUT2D eigenvalue weighted by Crippen LogP contribution is 2.47. The zero-order valence-corrected chi connectivity index (χ0v) is 12.1. The standard InChI is InChI=1S/C15H16FNO5/c1-22-14(19)15(8-2-3-13(15)18)12(9-17(20)21)10-4-6-11(16)7-5-10/h4-7,12H,2-3,8-9H2,1H3/t12-,15+/m0/s1. The van der Waals surface area contributed by atoms with Crippen molar-refractivity contribution in [3.05, 3.63) is 45.8 Å². The van der Waals surface area contributed by atoms with E-state index in [9.17, 15) is 24.1 Å². The van der Waals surface area contributed by atoms with Crippen LogP contribution in [0.1, 0.15) is 30.7 Å². The summed E-state index contributed by atoms with van der Waals surface area (Å²) in [6.45, 7) is -0.591. The number of nitrogens with zero attached hydrogens (tertiary/aromatic N) is 1. The smallest absolute Gasteiger partial charge is 0.320 e. The Morgan fingerprint density at radius 1 is 1.45 bits per heavy atom. The van der Waals surface area contributed by atoms with E-state index in [1.54, 1.807) is 0 Å². The molecular formula is C15H16FNO5. The zero-order chi connectivity index (χ0) is 16.3. The van der Waals surface area contributed by atoms with Crippen molar-refractivity contribution in [2.75, 3.05) is 13.7 Å². The molecule has 7 heteroatoms. The zero-order valence-electron chi connectivity index (χ0n) is 12.1. The number of ketones is 1. The number of methoxy groups -OCH3 is 1. The second-order valence-corrected chi connectivity index (χ2v) is 5.36. The topological polar surface area (TPSA) is 86.5 Å². The normalized spacial score (nSPS) is 22.4. The van der Waals surface area contributed by atoms with Gasteiger partial charge < -0.3 is 4.74 Å². The fourth-order valence-electron chi connectivity index (χ4n) is 3.19. The van der Waals surface area contributed by atoms with Gasteiger partial charge in [-0.1, -0.05) is 12.1 Å². The Morgan fingerprint density at radius 2 is 2.09 bits per heavy atom. The number of ether oxygens (including phenoxy) is 1. The lowest BCUT2D eigenvalue weighted by atomic mass is 9.70. The Balaban J connectivity index is 2.54. The summed E-state index contributed by atoms with van der Waals surface area (Å²) in [6.07, 6.45) is 0.863. The van der Waals surface area contributed by atoms with Crippen LogP contribution in [-0.4, -0.2) is 30.3 Å². The van der Waals surface area contributed by atoms with E-state index in [2.05, 4.69) is 0 Å². The number of esters is 1. The number of nitro groups is 1. The molecule has 0 amide bonds. The summed E-state index contributed by atoms with van der Waals surface area (Å²) in [5, 5.41) is 11.0. The van der Waals surface area contributed by atoms with E-state index >= 15 is 0 Å². The molecule has 1 fully saturated rings. The highest BCUT2D eigenvalue weighted by Gasteiger charge is 2.57. The maximum Gasteiger partial charge on any atom is 0.320 e. The lowest BCUT2D eigenvalue weighted by Crippen LogP contribution is -2.44. The lowest BCUT2D eigenvalue weighted by Gasteiger charge is -2.31. The summed E-state index contributed by atoms with van der Waals surface area (Å²) in [5.74, 6) is -2.57. The van der Waals surface area contributed by atoms with Gasteiger partial charge in [0.05, 0.1) is 13.0 Å². The van der Waals surface area contributed by atoms with Gasteiger partial charge in [0.15, 0.2) is 5.78 Å². The quantitative estimate of drug-likeness (QED) is 0.360. The number of hydrogen-bond acceptors (Lipinski definition) is 5. The van der Waals surface area contributed by atoms with E-state index in [-0.39, 0.29) is 18.6 Å². The molecule has 0 bridgehead atoms. The van der Waals surface area contributed by atoms with E-state index in [1.165, 1.54) is 12.1 Å². The summed E-state index contributed by atoms with van der Waals surface area (Å²) >= 11 is 0. The van der Waals surface area contributed by atoms with Crippen LogP contribution in [0.5, 0.6) is 0 Å². The first kappa shape index (κ1) is 16.1. The van der Waals surface area contributed by atoms with Crippen molar-refractivity contribution in [1.82, 2.24) is 0 Å². The Bertz CT molecular complexity index is 600. The van der Waals surface area contributed by atoms with Gasteiger partial charge in [0.2, 0.25) is 6.54 Å². The summed E-state index contributed by atoms with van der Waals surface area (Å²) in [6, 6.07) is 5.07. The average molecular weight is 309 g/mol. The molecule has 0 aliphatic heterocycles. The molecule has 2 rings (SSSR count). The molecule has 1 aromatic carbocycles. The number of halogens is 1. The van der Waals surface area contributed by atoms with Crippen molar-refractivity contribution < 1.29 is 23.6 Å². The van der Waals surface area contributed by atoms with E-state index in [0.29, 0.717) is 12.0 Å². The third-order valence-electron chi connectivity index (χ3n) is 4.22. The second-order valence-electron chi connectivity index (χ2n) is 5.36. The summed E-state index contributed by atoms with van der Waals surface area (Å²) in [5.41, 5.74) is -1.17. The van der Waals surface area contributed by atoms with Gasteiger partial charge in [-0.2, -0.15) is 0 Å². The molecule has 0 spiro atoms. The molecule has 0 radical (unpaired) electrons. The molecule has 0 saturated heterocycles. The van der Waals surface area contributed by atoms with Gasteiger partial charge in [-0.15, -0.1) is 0 Å². The summed E-state index contributed by atoms with van der Waals surface area (Å²) in [7, 11) is 1.16. The van der Waals surface area contributed by atoms with Crippen LogP contribution in [0.2, 0.25) is 0 Å². The molecule has 6 nitrogen and oxygen atoms in total. The largest absolute Gasteiger partial charge is 0.468 e. The first-order valence-electron chi connectivity index (χ1n) is 6.91. The summed E-state index contributed by atoms with van der Waals surface area (Å²) < 4.78 is 17.9. The fraction of sp³-hybridized carbons (Fsp3) is 0.467. The highest BCUT2D eigenvalue weighted by molar-refractivity contribution is 6.06. The predicted molar refractivity (Wildman–Crippen MR) is 74.3 cm³/mol. The van der Waals surface area contributed by atoms with Gasteiger partial charge in [0.25, 0.3) is 0 Å². The molecule has 0 heterocycles. The third-order valence-corrected chi connectivity index (χ3v) is 4.22. The van der Waals surface area contributed by atoms with Gasteiger partial charge in [-0.3, -0.25) is 19.7 Å². The Hall–Kier alpha value is -2.31. The van der Waals surface area contributed by atoms with Crippen LogP contribution in [0.3, 0.4) is 0 Å². The third kappa shape index (κ3) is 2.70. The maximum atomic E-state index is 13.1. The van der Waals surface area contributed by atoms with Crippen LogP contribution in [-0.2, 0) is 14.3 Å². The van der Waals surface area contributed by atoms with Crippen molar-refractivity contribution >= 4 is 11.8 Å². The van der Waals surface area contributed by atoms with Crippen molar-refractivity contribution in [2.45, 2.75) is 25.2 Å². The number of hydrogen-bond donors (Lipinski definition) is 0. The van der Waals surface area contributed by atoms with Gasteiger partial charge in [-0.25, -0.2) is 4.39 Å². The van der Waals surface area contributed by atoms with E-state index < -0.39 is 34.6 Å². The van der Waals surface area contributed by atoms with Gasteiger partial charge in [0.1, 0.15) is 11.2 Å². The van der Waals surface area contributed by atoms with Crippen molar-refractivity contribution in [3.8, 4) is 0 Å². The average Bonchev–Trinajstić information content (AvgIpc) is 2.87. The first-order valence-corrected chi connectivity index (χ1v) is 6.91. The van der Waals surface area contributed by atoms with Crippen LogP contribution in [0.25, 0.3) is 0 Å². The van der Waals surface area contributed by atoms with Crippen molar-refractivity contribution in [2.24, 2.45) is 5.41 Å². The van der Waals surface area contributed by atoms with Crippen LogP contribution in [0.4, 0.5) is 4.39 Å². The van der Waals surface area contributed by atoms with Crippen molar-refractivity contribution in [1.29, 1.82) is 0 Å². The molecule has 0 unspecified atom stereocenters. The molecule has 1 aromatic rings. The lowest BCUT2D eigenvalue weighted by molar-refractivity contribution is -0.485. The molecule has 0 aromatic heterocycles. The maximum absolute atomic E-state index is 13.1. The molecule has 22 heavy (non-hydrogen) atoms. The van der Waals surface area contributed by atoms with E-state index in [1.807, 2.05) is 0 Å². The monoisotopic (exact) mass is 309 g/mol. The molecule has 2 atom stereocenters. The second kappa shape index (κ2) is 6.21. The minimum Gasteiger partial charge on any atom is -0.468 e. The number of Topliss-reactive ketones (excluding diaryl/α,β-unsaturated/α-hetero) is 1. The fourth-order valence-corrected chi connectivity index (χ4v) is 3.19. The number of benzene rings is 1. The van der Waals surface area contributed by atoms with Gasteiger partial charge >= 0.3 is 5.97 Å². The molecular weight excluding hydrogens is 293 g/mol. The molecule has 1 aliphatic carbocycles. The van der Waals surface area contributed by atoms with Crippen LogP contribution < -0.4 is 0 Å². The summed E-state index contributed by atoms with van der Waals surface area (Å²) in [4.78, 5) is 35.1. The molecule has 118 valence electrons. The minimum absolute atomic E-state index is 0.185. The Labute approximate surface area is 126 Å². The minimum atomic E-state index is -1.56. The van der Waals surface area contributed by atoms with Gasteiger partial charge in [-0.05, 0) is 30.5 Å². The van der Waals surface area contributed by atoms with Gasteiger partial charge in [0, 0.05) is 11.3 Å². The predicted octanol–water partition coefficient (Wildman–Crippen LogP) is 2.10. The molecule has 1 saturated carbocycles. The van der Waals surface area contributed by atoms with Crippen LogP contribution >= 0.6 is 0 Å².